The molecule has 0 spiro atoms. The Kier molecular flexibility index (Phi) is 1.52. The van der Waals surface area contributed by atoms with Gasteiger partial charge in [-0.3, -0.25) is 9.59 Å². The van der Waals surface area contributed by atoms with Crippen molar-refractivity contribution in [2.45, 2.75) is 13.0 Å². The summed E-state index contributed by atoms with van der Waals surface area (Å²) < 4.78 is 0.665. The molecule has 0 aliphatic heterocycles. The Morgan fingerprint density at radius 2 is 2.00 bits per heavy atom. The second-order valence-electron chi connectivity index (χ2n) is 2.13. The largest absolute Gasteiger partial charge is 0.480 e. The van der Waals surface area contributed by atoms with E-state index >= 15 is 0 Å². The van der Waals surface area contributed by atoms with Crippen LogP contribution in [0.25, 0.3) is 0 Å². The first-order valence-corrected chi connectivity index (χ1v) is 2.91. The van der Waals surface area contributed by atoms with Crippen molar-refractivity contribution in [3.63, 3.8) is 0 Å². The van der Waals surface area contributed by atoms with Crippen molar-refractivity contribution < 1.29 is 9.90 Å². The summed E-state index contributed by atoms with van der Waals surface area (Å²) in [5.74, 6) is -1.11. The topological polar surface area (TPSA) is 88.4 Å². The van der Waals surface area contributed by atoms with Crippen LogP contribution in [0.5, 0.6) is 0 Å². The molecule has 0 saturated heterocycles. The molecule has 11 heavy (non-hydrogen) atoms. The molecular formula is C5H6N2O4. The standard InChI is InChI=1S/C5H6N2O4/c1-2(5(10)11)6-7-3(8)4(7)9/h2,6H,1H3,(H,10,11). The molecule has 1 rings (SSSR count). The molecule has 0 fully saturated rings. The van der Waals surface area contributed by atoms with Gasteiger partial charge in [0.05, 0.1) is 0 Å². The van der Waals surface area contributed by atoms with Crippen LogP contribution in [0.1, 0.15) is 6.92 Å². The number of aliphatic carboxylic acids is 1. The van der Waals surface area contributed by atoms with Gasteiger partial charge in [-0.2, -0.15) is 4.68 Å². The number of carboxylic acids is 1. The molecule has 0 amide bonds. The third-order valence-electron chi connectivity index (χ3n) is 1.23. The van der Waals surface area contributed by atoms with Crippen molar-refractivity contribution in [2.24, 2.45) is 0 Å². The summed E-state index contributed by atoms with van der Waals surface area (Å²) in [5, 5.41) is 8.32. The molecule has 6 nitrogen and oxygen atoms in total. The summed E-state index contributed by atoms with van der Waals surface area (Å²) in [6.07, 6.45) is 0. The molecule has 6 heteroatoms. The van der Waals surface area contributed by atoms with Gasteiger partial charge in [-0.1, -0.05) is 0 Å². The molecule has 1 aromatic heterocycles. The first-order chi connectivity index (χ1) is 5.04. The van der Waals surface area contributed by atoms with E-state index < -0.39 is 23.1 Å². The Balaban J connectivity index is 2.59. The lowest BCUT2D eigenvalue weighted by atomic mass is 10.4. The molecular weight excluding hydrogens is 152 g/mol. The number of hydrogen-bond acceptors (Lipinski definition) is 4. The van der Waals surface area contributed by atoms with Gasteiger partial charge in [-0.05, 0) is 6.92 Å². The molecule has 0 aliphatic rings. The minimum Gasteiger partial charge on any atom is -0.480 e. The summed E-state index contributed by atoms with van der Waals surface area (Å²) in [4.78, 5) is 30.8. The van der Waals surface area contributed by atoms with Crippen molar-refractivity contribution in [3.05, 3.63) is 20.7 Å². The number of carboxylic acid groups (broad SMARTS) is 1. The van der Waals surface area contributed by atoms with Gasteiger partial charge >= 0.3 is 17.1 Å². The molecule has 2 N–H and O–H groups in total. The maximum absolute atomic E-state index is 10.3. The van der Waals surface area contributed by atoms with Gasteiger partial charge in [0.25, 0.3) is 0 Å². The normalized spacial score (nSPS) is 13.2. The van der Waals surface area contributed by atoms with E-state index in [1.54, 1.807) is 0 Å². The number of rotatable bonds is 3. The van der Waals surface area contributed by atoms with Crippen LogP contribution in [0.3, 0.4) is 0 Å². The van der Waals surface area contributed by atoms with Crippen molar-refractivity contribution in [1.29, 1.82) is 0 Å². The number of carbonyl (C=O) groups is 1. The van der Waals surface area contributed by atoms with Gasteiger partial charge in [-0.15, -0.1) is 0 Å². The van der Waals surface area contributed by atoms with E-state index in [0.29, 0.717) is 4.68 Å². The van der Waals surface area contributed by atoms with Crippen LogP contribution >= 0.6 is 0 Å². The lowest BCUT2D eigenvalue weighted by Gasteiger charge is -2.04. The highest BCUT2D eigenvalue weighted by molar-refractivity contribution is 5.74. The van der Waals surface area contributed by atoms with Gasteiger partial charge in [0.15, 0.2) is 0 Å². The second kappa shape index (κ2) is 2.22. The van der Waals surface area contributed by atoms with E-state index in [1.807, 2.05) is 0 Å². The Bertz CT molecular complexity index is 321. The van der Waals surface area contributed by atoms with Crippen LogP contribution < -0.4 is 16.5 Å². The summed E-state index contributed by atoms with van der Waals surface area (Å²) in [5.41, 5.74) is 0.795. The average molecular weight is 158 g/mol. The zero-order valence-corrected chi connectivity index (χ0v) is 5.70. The van der Waals surface area contributed by atoms with Crippen molar-refractivity contribution in [2.75, 3.05) is 5.43 Å². The molecule has 1 atom stereocenters. The third-order valence-corrected chi connectivity index (χ3v) is 1.23. The van der Waals surface area contributed by atoms with Gasteiger partial charge in [0.1, 0.15) is 6.04 Å². The molecule has 60 valence electrons. The zero-order chi connectivity index (χ0) is 8.59. The quantitative estimate of drug-likeness (QED) is 0.501. The SMILES string of the molecule is CC(Nn1c(=O)c1=O)C(=O)O. The van der Waals surface area contributed by atoms with Gasteiger partial charge in [-0.25, -0.2) is 4.79 Å². The van der Waals surface area contributed by atoms with E-state index in [1.165, 1.54) is 6.92 Å². The summed E-state index contributed by atoms with van der Waals surface area (Å²) in [6, 6.07) is -0.926. The van der Waals surface area contributed by atoms with Crippen LogP contribution in [-0.4, -0.2) is 21.8 Å². The van der Waals surface area contributed by atoms with E-state index in [-0.39, 0.29) is 0 Å². The van der Waals surface area contributed by atoms with Crippen LogP contribution in [0.2, 0.25) is 0 Å². The Hall–Kier alpha value is -1.59. The molecule has 0 radical (unpaired) electrons. The predicted molar refractivity (Wildman–Crippen MR) is 35.8 cm³/mol. The zero-order valence-electron chi connectivity index (χ0n) is 5.70. The number of nitrogens with one attached hydrogen (secondary N) is 1. The average Bonchev–Trinajstić information content (AvgIpc) is 2.45. The van der Waals surface area contributed by atoms with Gasteiger partial charge in [0, 0.05) is 0 Å². The minimum atomic E-state index is -1.11. The van der Waals surface area contributed by atoms with E-state index in [0.717, 1.165) is 0 Å². The van der Waals surface area contributed by atoms with Crippen molar-refractivity contribution in [3.8, 4) is 0 Å². The fourth-order valence-corrected chi connectivity index (χ4v) is 0.501. The predicted octanol–water partition coefficient (Wildman–Crippen LogP) is -1.90. The maximum atomic E-state index is 10.3. The lowest BCUT2D eigenvalue weighted by molar-refractivity contribution is -0.137. The van der Waals surface area contributed by atoms with Crippen molar-refractivity contribution in [1.82, 2.24) is 4.68 Å². The molecule has 0 bridgehead atoms. The highest BCUT2D eigenvalue weighted by Gasteiger charge is 2.20. The number of aromatic nitrogens is 1. The summed E-state index contributed by atoms with van der Waals surface area (Å²) >= 11 is 0. The van der Waals surface area contributed by atoms with Crippen LogP contribution in [-0.2, 0) is 4.79 Å². The van der Waals surface area contributed by atoms with Gasteiger partial charge < -0.3 is 10.5 Å². The van der Waals surface area contributed by atoms with Crippen LogP contribution in [0, 0.1) is 0 Å². The van der Waals surface area contributed by atoms with Gasteiger partial charge in [0.2, 0.25) is 0 Å². The van der Waals surface area contributed by atoms with Crippen molar-refractivity contribution >= 4 is 5.97 Å². The monoisotopic (exact) mass is 158 g/mol. The Labute approximate surface area is 60.7 Å². The Morgan fingerprint density at radius 3 is 2.27 bits per heavy atom. The van der Waals surface area contributed by atoms with Crippen LogP contribution in [0.15, 0.2) is 9.59 Å². The molecule has 1 heterocycles. The fourth-order valence-electron chi connectivity index (χ4n) is 0.501. The lowest BCUT2D eigenvalue weighted by Crippen LogP contribution is -2.31. The molecule has 0 aliphatic carbocycles. The van der Waals surface area contributed by atoms with Crippen LogP contribution in [0.4, 0.5) is 0 Å². The summed E-state index contributed by atoms with van der Waals surface area (Å²) in [7, 11) is 0. The first-order valence-electron chi connectivity index (χ1n) is 2.91. The van der Waals surface area contributed by atoms with E-state index in [4.69, 9.17) is 5.11 Å². The number of nitrogens with zero attached hydrogens (tertiary/aromatic N) is 1. The maximum Gasteiger partial charge on any atom is 0.340 e. The second-order valence-corrected chi connectivity index (χ2v) is 2.13. The summed E-state index contributed by atoms with van der Waals surface area (Å²) in [6.45, 7) is 1.33. The molecule has 1 unspecified atom stereocenters. The van der Waals surface area contributed by atoms with E-state index in [2.05, 4.69) is 5.43 Å². The number of hydrogen-bond donors (Lipinski definition) is 2. The molecule has 0 aromatic carbocycles. The fraction of sp³-hybridized carbons (Fsp3) is 0.400. The Morgan fingerprint density at radius 1 is 1.55 bits per heavy atom. The third kappa shape index (κ3) is 1.28. The highest BCUT2D eigenvalue weighted by atomic mass is 16.4. The minimum absolute atomic E-state index is 0.665. The molecule has 0 saturated carbocycles. The highest BCUT2D eigenvalue weighted by Crippen LogP contribution is 1.81. The van der Waals surface area contributed by atoms with E-state index in [9.17, 15) is 14.4 Å². The molecule has 1 aromatic rings. The first kappa shape index (κ1) is 7.52. The smallest absolute Gasteiger partial charge is 0.340 e.